The van der Waals surface area contributed by atoms with E-state index in [0.717, 1.165) is 6.54 Å². The lowest BCUT2D eigenvalue weighted by molar-refractivity contribution is -0.671. The predicted molar refractivity (Wildman–Crippen MR) is 132 cm³/mol. The molecule has 4 heterocycles. The highest BCUT2D eigenvalue weighted by atomic mass is 31.1. The number of rotatable bonds is 2. The Bertz CT molecular complexity index is 1360. The van der Waals surface area contributed by atoms with Gasteiger partial charge in [0.15, 0.2) is 12.7 Å². The Balaban J connectivity index is 1.51. The average Bonchev–Trinajstić information content (AvgIpc) is 3.35. The lowest BCUT2D eigenvalue weighted by Gasteiger charge is -2.32. The Labute approximate surface area is 185 Å². The standard InChI is InChI=1S/C27H23BN2P/c1-18(2)19-12-14-21(15-13-19)31-25-11-4-3-9-23(25)30-24-10-6-16-29-17-20-7-5-8-22(28(30)31)26(20)27(24)29/h3-16,18H,17H2,1-2H3/q+1. The molecule has 4 aromatic rings. The summed E-state index contributed by atoms with van der Waals surface area (Å²) in [6.07, 6.45) is 2.23. The Morgan fingerprint density at radius 3 is 2.52 bits per heavy atom. The molecule has 0 fully saturated rings. The van der Waals surface area contributed by atoms with Crippen molar-refractivity contribution in [1.82, 2.24) is 0 Å². The van der Waals surface area contributed by atoms with Gasteiger partial charge in [-0.2, -0.15) is 4.57 Å². The normalized spacial score (nSPS) is 17.1. The van der Waals surface area contributed by atoms with Crippen LogP contribution in [0.25, 0.3) is 11.3 Å². The first-order valence-electron chi connectivity index (χ1n) is 11.1. The monoisotopic (exact) mass is 417 g/mol. The van der Waals surface area contributed by atoms with Gasteiger partial charge in [-0.3, -0.25) is 0 Å². The number of fused-ring (bicyclic) bond motifs is 5. The molecule has 0 saturated heterocycles. The van der Waals surface area contributed by atoms with Gasteiger partial charge in [0, 0.05) is 17.3 Å². The van der Waals surface area contributed by atoms with Crippen molar-refractivity contribution in [1.29, 1.82) is 0 Å². The predicted octanol–water partition coefficient (Wildman–Crippen LogP) is 4.42. The number of para-hydroxylation sites is 1. The largest absolute Gasteiger partial charge is 0.371 e. The quantitative estimate of drug-likeness (QED) is 0.234. The van der Waals surface area contributed by atoms with Crippen LogP contribution in [0.2, 0.25) is 0 Å². The number of hydrogen-bond donors (Lipinski definition) is 0. The summed E-state index contributed by atoms with van der Waals surface area (Å²) in [6.45, 7) is 5.88. The number of pyridine rings is 1. The minimum absolute atomic E-state index is 0.355. The van der Waals surface area contributed by atoms with Crippen LogP contribution in [0.4, 0.5) is 11.4 Å². The summed E-state index contributed by atoms with van der Waals surface area (Å²) in [5.74, 6) is 0.559. The van der Waals surface area contributed by atoms with E-state index in [2.05, 4.69) is 108 Å². The van der Waals surface area contributed by atoms with E-state index in [1.807, 2.05) is 0 Å². The summed E-state index contributed by atoms with van der Waals surface area (Å²) < 4.78 is 2.43. The maximum absolute atomic E-state index is 2.64. The van der Waals surface area contributed by atoms with Gasteiger partial charge in [0.1, 0.15) is 5.69 Å². The second kappa shape index (κ2) is 6.31. The second-order valence-corrected chi connectivity index (χ2v) is 11.3. The molecular formula is C27H23BN2P+. The number of hydrogen-bond acceptors (Lipinski definition) is 1. The number of anilines is 2. The molecule has 2 nitrogen and oxygen atoms in total. The van der Waals surface area contributed by atoms with Crippen LogP contribution < -0.4 is 25.4 Å². The maximum atomic E-state index is 2.64. The summed E-state index contributed by atoms with van der Waals surface area (Å²) >= 11 is 0. The van der Waals surface area contributed by atoms with E-state index in [4.69, 9.17) is 0 Å². The molecular weight excluding hydrogens is 394 g/mol. The Hall–Kier alpha value is -2.90. The van der Waals surface area contributed by atoms with Crippen LogP contribution in [0, 0.1) is 0 Å². The van der Waals surface area contributed by atoms with Crippen LogP contribution in [0.1, 0.15) is 30.9 Å². The number of nitrogens with zero attached hydrogens (tertiary/aromatic N) is 2. The smallest absolute Gasteiger partial charge is 0.333 e. The molecule has 7 rings (SSSR count). The van der Waals surface area contributed by atoms with Gasteiger partial charge in [-0.1, -0.05) is 74.5 Å². The van der Waals surface area contributed by atoms with E-state index in [0.29, 0.717) is 12.5 Å². The fraction of sp³-hybridized carbons (Fsp3) is 0.148. The van der Waals surface area contributed by atoms with Crippen molar-refractivity contribution in [3.63, 3.8) is 0 Å². The van der Waals surface area contributed by atoms with E-state index in [1.165, 1.54) is 49.8 Å². The molecule has 0 amide bonds. The van der Waals surface area contributed by atoms with E-state index < -0.39 is 7.80 Å². The molecule has 0 bridgehead atoms. The average molecular weight is 417 g/mol. The zero-order chi connectivity index (χ0) is 20.7. The summed E-state index contributed by atoms with van der Waals surface area (Å²) in [4.78, 5) is 2.64. The van der Waals surface area contributed by atoms with Crippen molar-refractivity contribution >= 4 is 41.8 Å². The first kappa shape index (κ1) is 17.8. The van der Waals surface area contributed by atoms with Crippen molar-refractivity contribution in [2.24, 2.45) is 0 Å². The number of benzene rings is 3. The Morgan fingerprint density at radius 2 is 1.68 bits per heavy atom. The zero-order valence-corrected chi connectivity index (χ0v) is 18.7. The molecule has 31 heavy (non-hydrogen) atoms. The minimum atomic E-state index is -0.529. The highest BCUT2D eigenvalue weighted by Gasteiger charge is 2.52. The third-order valence-corrected chi connectivity index (χ3v) is 9.83. The molecule has 148 valence electrons. The third kappa shape index (κ3) is 2.30. The second-order valence-electron chi connectivity index (χ2n) is 9.10. The van der Waals surface area contributed by atoms with Gasteiger partial charge in [0.2, 0.25) is 5.69 Å². The summed E-state index contributed by atoms with van der Waals surface area (Å²) in [5.41, 5.74) is 10.00. The Morgan fingerprint density at radius 1 is 0.871 bits per heavy atom. The zero-order valence-electron chi connectivity index (χ0n) is 17.8. The number of aromatic nitrogens is 1. The van der Waals surface area contributed by atoms with Gasteiger partial charge >= 0.3 is 6.57 Å². The molecule has 0 radical (unpaired) electrons. The topological polar surface area (TPSA) is 7.12 Å². The molecule has 0 aliphatic carbocycles. The molecule has 4 heteroatoms. The molecule has 0 N–H and O–H groups in total. The van der Waals surface area contributed by atoms with Crippen LogP contribution in [0.3, 0.4) is 0 Å². The van der Waals surface area contributed by atoms with Gasteiger partial charge in [0.25, 0.3) is 0 Å². The van der Waals surface area contributed by atoms with Crippen molar-refractivity contribution < 1.29 is 4.57 Å². The van der Waals surface area contributed by atoms with Crippen molar-refractivity contribution in [2.75, 3.05) is 4.81 Å². The SMILES string of the molecule is CC(C)c1ccc(P2B3c4cccc5c4-c4c(ccc[n+]4C5)N3c3ccccc32)cc1. The molecule has 3 aromatic carbocycles. The fourth-order valence-corrected chi connectivity index (χ4v) is 8.61. The van der Waals surface area contributed by atoms with Crippen molar-refractivity contribution in [3.05, 3.63) is 96.2 Å². The van der Waals surface area contributed by atoms with Crippen LogP contribution >= 0.6 is 7.80 Å². The molecule has 3 aliphatic heterocycles. The van der Waals surface area contributed by atoms with Crippen LogP contribution in [0.15, 0.2) is 85.1 Å². The fourth-order valence-electron chi connectivity index (χ4n) is 5.67. The van der Waals surface area contributed by atoms with Gasteiger partial charge in [-0.05, 0) is 47.5 Å². The molecule has 3 aliphatic rings. The molecule has 1 aromatic heterocycles. The van der Waals surface area contributed by atoms with Crippen LogP contribution in [-0.4, -0.2) is 6.57 Å². The molecule has 1 atom stereocenters. The lowest BCUT2D eigenvalue weighted by Crippen LogP contribution is -2.48. The molecule has 0 saturated carbocycles. The van der Waals surface area contributed by atoms with Crippen molar-refractivity contribution in [3.8, 4) is 11.3 Å². The first-order chi connectivity index (χ1) is 15.2. The summed E-state index contributed by atoms with van der Waals surface area (Å²) in [5, 5.41) is 2.97. The first-order valence-corrected chi connectivity index (χ1v) is 12.6. The Kier molecular flexibility index (Phi) is 3.61. The van der Waals surface area contributed by atoms with E-state index in [-0.39, 0.29) is 0 Å². The van der Waals surface area contributed by atoms with Gasteiger partial charge < -0.3 is 4.81 Å². The van der Waals surface area contributed by atoms with E-state index >= 15 is 0 Å². The minimum Gasteiger partial charge on any atom is -0.371 e. The van der Waals surface area contributed by atoms with Gasteiger partial charge in [-0.25, -0.2) is 0 Å². The van der Waals surface area contributed by atoms with E-state index in [1.54, 1.807) is 0 Å². The molecule has 1 unspecified atom stereocenters. The molecule has 0 spiro atoms. The van der Waals surface area contributed by atoms with Crippen LogP contribution in [-0.2, 0) is 6.54 Å². The summed E-state index contributed by atoms with van der Waals surface area (Å²) in [7, 11) is -0.529. The lowest BCUT2D eigenvalue weighted by atomic mass is 9.70. The third-order valence-electron chi connectivity index (χ3n) is 7.08. The van der Waals surface area contributed by atoms with Gasteiger partial charge in [-0.15, -0.1) is 0 Å². The highest BCUT2D eigenvalue weighted by molar-refractivity contribution is 8.04. The van der Waals surface area contributed by atoms with Crippen molar-refractivity contribution in [2.45, 2.75) is 26.3 Å². The highest BCUT2D eigenvalue weighted by Crippen LogP contribution is 2.55. The maximum Gasteiger partial charge on any atom is 0.333 e. The van der Waals surface area contributed by atoms with Gasteiger partial charge in [0.05, 0.1) is 5.56 Å². The van der Waals surface area contributed by atoms with E-state index in [9.17, 15) is 0 Å². The van der Waals surface area contributed by atoms with Crippen LogP contribution in [0.5, 0.6) is 0 Å². The summed E-state index contributed by atoms with van der Waals surface area (Å²) in [6, 6.07) is 30.1.